The van der Waals surface area contributed by atoms with Crippen LogP contribution < -0.4 is 4.90 Å². The van der Waals surface area contributed by atoms with Gasteiger partial charge in [0.2, 0.25) is 17.6 Å². The van der Waals surface area contributed by atoms with Gasteiger partial charge in [-0.2, -0.15) is 0 Å². The summed E-state index contributed by atoms with van der Waals surface area (Å²) in [5.74, 6) is -0.343. The highest BCUT2D eigenvalue weighted by atomic mass is 79.9. The summed E-state index contributed by atoms with van der Waals surface area (Å²) >= 11 is 9.42. The SMILES string of the molecule is CC(OC(=O)c1cc(-c2ccc(N3C(=O)C4C5C=CC(C6CC56)C4C3=O)cc2)nc2ccc(Br)cc12)C(=O)c1ccc(Cl)cc1. The van der Waals surface area contributed by atoms with Crippen molar-refractivity contribution in [2.24, 2.45) is 35.5 Å². The van der Waals surface area contributed by atoms with E-state index in [1.54, 1.807) is 66.7 Å². The van der Waals surface area contributed by atoms with Gasteiger partial charge in [-0.25, -0.2) is 9.78 Å². The Morgan fingerprint density at radius 3 is 2.20 bits per heavy atom. The highest BCUT2D eigenvalue weighted by Crippen LogP contribution is 2.65. The lowest BCUT2D eigenvalue weighted by Gasteiger charge is -2.37. The number of ether oxygens (including phenoxy) is 1. The summed E-state index contributed by atoms with van der Waals surface area (Å²) in [6.07, 6.45) is 4.41. The van der Waals surface area contributed by atoms with Crippen molar-refractivity contribution < 1.29 is 23.9 Å². The van der Waals surface area contributed by atoms with Gasteiger partial charge in [-0.1, -0.05) is 51.8 Å². The predicted octanol–water partition coefficient (Wildman–Crippen LogP) is 7.30. The molecule has 4 aromatic rings. The van der Waals surface area contributed by atoms with E-state index in [4.69, 9.17) is 21.3 Å². The summed E-state index contributed by atoms with van der Waals surface area (Å²) in [7, 11) is 0. The molecule has 0 radical (unpaired) electrons. The maximum Gasteiger partial charge on any atom is 0.339 e. The summed E-state index contributed by atoms with van der Waals surface area (Å²) in [5, 5.41) is 1.07. The second-order valence-electron chi connectivity index (χ2n) is 12.3. The number of carbonyl (C=O) groups is 4. The predicted molar refractivity (Wildman–Crippen MR) is 173 cm³/mol. The first-order valence-corrected chi connectivity index (χ1v) is 16.1. The van der Waals surface area contributed by atoms with Crippen LogP contribution in [0, 0.1) is 35.5 Å². The third-order valence-electron chi connectivity index (χ3n) is 9.86. The van der Waals surface area contributed by atoms with Crippen LogP contribution in [-0.2, 0) is 14.3 Å². The number of halogens is 2. The molecule has 7 nitrogen and oxygen atoms in total. The zero-order valence-corrected chi connectivity index (χ0v) is 26.4. The summed E-state index contributed by atoms with van der Waals surface area (Å²) in [6.45, 7) is 1.54. The van der Waals surface area contributed by atoms with E-state index in [-0.39, 0.29) is 46.8 Å². The first-order chi connectivity index (χ1) is 21.7. The fourth-order valence-corrected chi connectivity index (χ4v) is 8.12. The average Bonchev–Trinajstić information content (AvgIpc) is 3.83. The van der Waals surface area contributed by atoms with Gasteiger partial charge in [-0.05, 0) is 97.7 Å². The van der Waals surface area contributed by atoms with E-state index in [2.05, 4.69) is 28.1 Å². The maximum absolute atomic E-state index is 13.6. The van der Waals surface area contributed by atoms with E-state index in [9.17, 15) is 19.2 Å². The number of carbonyl (C=O) groups excluding carboxylic acids is 4. The highest BCUT2D eigenvalue weighted by Gasteiger charge is 2.67. The molecular formula is C36H26BrClN2O5. The summed E-state index contributed by atoms with van der Waals surface area (Å²) in [6, 6.07) is 20.6. The molecule has 0 N–H and O–H groups in total. The zero-order chi connectivity index (χ0) is 31.1. The third-order valence-corrected chi connectivity index (χ3v) is 10.6. The Morgan fingerprint density at radius 1 is 0.911 bits per heavy atom. The molecule has 5 aliphatic rings. The number of anilines is 1. The standard InChI is InChI=1S/C36H26BrClN2O5/c1-17(33(41)19-2-7-21(38)8-3-19)45-36(44)28-16-30(39-29-13-6-20(37)14-27(28)29)18-4-9-22(10-5-18)40-34(42)31-23-11-12-24(26-15-25(23)26)32(31)35(40)43/h2-14,16-17,23-26,31-32H,15H2,1H3. The van der Waals surface area contributed by atoms with Crippen molar-refractivity contribution in [2.75, 3.05) is 4.90 Å². The number of benzene rings is 3. The summed E-state index contributed by atoms with van der Waals surface area (Å²) in [4.78, 5) is 59.8. The van der Waals surface area contributed by atoms with Crippen molar-refractivity contribution in [1.82, 2.24) is 4.98 Å². The van der Waals surface area contributed by atoms with Gasteiger partial charge < -0.3 is 4.74 Å². The first-order valence-electron chi connectivity index (χ1n) is 15.0. The van der Waals surface area contributed by atoms with Crippen molar-refractivity contribution in [1.29, 1.82) is 0 Å². The molecule has 7 unspecified atom stereocenters. The van der Waals surface area contributed by atoms with Crippen LogP contribution in [-0.4, -0.2) is 34.7 Å². The second-order valence-corrected chi connectivity index (χ2v) is 13.7. The Balaban J connectivity index is 1.08. The molecule has 2 saturated carbocycles. The molecule has 9 rings (SSSR count). The van der Waals surface area contributed by atoms with E-state index in [0.717, 1.165) is 10.9 Å². The molecule has 1 aromatic heterocycles. The van der Waals surface area contributed by atoms with E-state index < -0.39 is 12.1 Å². The van der Waals surface area contributed by atoms with Gasteiger partial charge in [0.1, 0.15) is 0 Å². The van der Waals surface area contributed by atoms with Crippen molar-refractivity contribution in [2.45, 2.75) is 19.4 Å². The van der Waals surface area contributed by atoms with Crippen molar-refractivity contribution >= 4 is 67.7 Å². The molecule has 7 atom stereocenters. The largest absolute Gasteiger partial charge is 0.451 e. The fourth-order valence-electron chi connectivity index (χ4n) is 7.63. The smallest absolute Gasteiger partial charge is 0.339 e. The van der Waals surface area contributed by atoms with Crippen LogP contribution in [0.3, 0.4) is 0 Å². The number of ketones is 1. The van der Waals surface area contributed by atoms with Crippen LogP contribution in [0.25, 0.3) is 22.2 Å². The Bertz CT molecular complexity index is 1940. The molecule has 0 spiro atoms. The minimum absolute atomic E-state index is 0.107. The van der Waals surface area contributed by atoms with Crippen molar-refractivity contribution in [3.63, 3.8) is 0 Å². The lowest BCUT2D eigenvalue weighted by molar-refractivity contribution is -0.124. The van der Waals surface area contributed by atoms with E-state index in [1.807, 2.05) is 6.07 Å². The molecule has 3 aromatic carbocycles. The monoisotopic (exact) mass is 680 g/mol. The molecule has 45 heavy (non-hydrogen) atoms. The molecule has 3 fully saturated rings. The first kappa shape index (κ1) is 28.3. The quantitative estimate of drug-likeness (QED) is 0.0918. The summed E-state index contributed by atoms with van der Waals surface area (Å²) in [5.41, 5.74) is 2.95. The number of pyridine rings is 1. The molecule has 2 bridgehead atoms. The van der Waals surface area contributed by atoms with Crippen molar-refractivity contribution in [3.05, 3.63) is 106 Å². The zero-order valence-electron chi connectivity index (χ0n) is 24.0. The van der Waals surface area contributed by atoms with E-state index in [0.29, 0.717) is 50.3 Å². The van der Waals surface area contributed by atoms with Gasteiger partial charge in [0.25, 0.3) is 0 Å². The number of Topliss-reactive ketones (excluding diaryl/α,β-unsaturated/α-hetero) is 1. The van der Waals surface area contributed by atoms with Crippen LogP contribution in [0.5, 0.6) is 0 Å². The Kier molecular flexibility index (Phi) is 6.59. The minimum Gasteiger partial charge on any atom is -0.451 e. The highest BCUT2D eigenvalue weighted by molar-refractivity contribution is 9.10. The second kappa shape index (κ2) is 10.5. The Hall–Kier alpha value is -4.14. The van der Waals surface area contributed by atoms with E-state index in [1.165, 1.54) is 11.8 Å². The number of amides is 2. The Morgan fingerprint density at radius 2 is 1.56 bits per heavy atom. The fraction of sp³-hybridized carbons (Fsp3) is 0.250. The summed E-state index contributed by atoms with van der Waals surface area (Å²) < 4.78 is 6.42. The molecule has 1 saturated heterocycles. The average molecular weight is 682 g/mol. The number of rotatable bonds is 6. The van der Waals surface area contributed by atoms with Gasteiger partial charge >= 0.3 is 5.97 Å². The van der Waals surface area contributed by atoms with E-state index >= 15 is 0 Å². The normalized spacial score (nSPS) is 26.5. The van der Waals surface area contributed by atoms with Crippen LogP contribution in [0.4, 0.5) is 5.69 Å². The molecule has 4 aliphatic carbocycles. The number of imide groups is 1. The van der Waals surface area contributed by atoms with Gasteiger partial charge in [-0.3, -0.25) is 19.3 Å². The Labute approximate surface area is 272 Å². The van der Waals surface area contributed by atoms with Crippen LogP contribution >= 0.6 is 27.5 Å². The molecule has 1 aliphatic heterocycles. The van der Waals surface area contributed by atoms with Gasteiger partial charge in [-0.15, -0.1) is 0 Å². The number of nitrogens with zero attached hydrogens (tertiary/aromatic N) is 2. The lowest BCUT2D eigenvalue weighted by atomic mass is 9.63. The third kappa shape index (κ3) is 4.57. The molecule has 2 heterocycles. The number of allylic oxidation sites excluding steroid dienone is 2. The van der Waals surface area contributed by atoms with Crippen LogP contribution in [0.1, 0.15) is 34.1 Å². The van der Waals surface area contributed by atoms with Crippen LogP contribution in [0.15, 0.2) is 89.4 Å². The molecule has 9 heteroatoms. The maximum atomic E-state index is 13.6. The minimum atomic E-state index is -1.03. The molecule has 224 valence electrons. The topological polar surface area (TPSA) is 93.6 Å². The van der Waals surface area contributed by atoms with Gasteiger partial charge in [0.15, 0.2) is 6.10 Å². The molecule has 2 amide bonds. The lowest BCUT2D eigenvalue weighted by Crippen LogP contribution is -2.40. The number of hydrogen-bond donors (Lipinski definition) is 0. The number of esters is 1. The van der Waals surface area contributed by atoms with Crippen molar-refractivity contribution in [3.8, 4) is 11.3 Å². The number of hydrogen-bond acceptors (Lipinski definition) is 6. The van der Waals surface area contributed by atoms with Crippen LogP contribution in [0.2, 0.25) is 5.02 Å². The molecular weight excluding hydrogens is 656 g/mol. The number of aromatic nitrogens is 1. The van der Waals surface area contributed by atoms with Gasteiger partial charge in [0, 0.05) is 26.0 Å². The van der Waals surface area contributed by atoms with Gasteiger partial charge in [0.05, 0.1) is 34.3 Å². The number of fused-ring (bicyclic) bond motifs is 1.